The van der Waals surface area contributed by atoms with Gasteiger partial charge in [-0.1, -0.05) is 20.8 Å². The van der Waals surface area contributed by atoms with Gasteiger partial charge in [0.1, 0.15) is 5.82 Å². The topological polar surface area (TPSA) is 67.6 Å². The lowest BCUT2D eigenvalue weighted by atomic mass is 10.1. The van der Waals surface area contributed by atoms with Crippen LogP contribution in [0.2, 0.25) is 0 Å². The summed E-state index contributed by atoms with van der Waals surface area (Å²) in [6.45, 7) is 7.09. The van der Waals surface area contributed by atoms with Gasteiger partial charge in [-0.15, -0.1) is 0 Å². The van der Waals surface area contributed by atoms with Crippen molar-refractivity contribution in [2.24, 2.45) is 5.73 Å². The van der Waals surface area contributed by atoms with Gasteiger partial charge in [-0.25, -0.2) is 4.98 Å². The van der Waals surface area contributed by atoms with Crippen molar-refractivity contribution in [2.45, 2.75) is 45.4 Å². The molecule has 1 aromatic heterocycles. The van der Waals surface area contributed by atoms with Crippen molar-refractivity contribution in [1.29, 1.82) is 0 Å². The van der Waals surface area contributed by atoms with E-state index in [0.29, 0.717) is 11.8 Å². The Labute approximate surface area is 85.3 Å². The molecule has 0 aliphatic heterocycles. The van der Waals surface area contributed by atoms with E-state index in [1.54, 1.807) is 0 Å². The van der Waals surface area contributed by atoms with E-state index in [1.807, 2.05) is 0 Å². The van der Waals surface area contributed by atoms with Crippen molar-refractivity contribution >= 4 is 0 Å². The van der Waals surface area contributed by atoms with Crippen LogP contribution in [0.25, 0.3) is 0 Å². The highest BCUT2D eigenvalue weighted by atomic mass is 15.2. The van der Waals surface area contributed by atoms with E-state index >= 15 is 0 Å². The summed E-state index contributed by atoms with van der Waals surface area (Å²) in [6.07, 6.45) is 2.11. The molecule has 1 atom stereocenters. The zero-order valence-corrected chi connectivity index (χ0v) is 9.25. The number of H-pyrrole nitrogens is 1. The average Bonchev–Trinajstić information content (AvgIpc) is 2.62. The molecule has 1 aromatic rings. The number of aromatic amines is 1. The standard InChI is InChI=1S/C10H20N4/c1-7(2)9-12-10(14-13-9)8(3)5-4-6-11/h7-8H,4-6,11H2,1-3H3,(H,12,13,14). The van der Waals surface area contributed by atoms with Crippen LogP contribution in [0.5, 0.6) is 0 Å². The number of rotatable bonds is 5. The lowest BCUT2D eigenvalue weighted by molar-refractivity contribution is 0.610. The molecule has 1 rings (SSSR count). The van der Waals surface area contributed by atoms with Gasteiger partial charge in [-0.2, -0.15) is 5.10 Å². The second-order valence-corrected chi connectivity index (χ2v) is 4.07. The average molecular weight is 196 g/mol. The van der Waals surface area contributed by atoms with Crippen molar-refractivity contribution in [1.82, 2.24) is 15.2 Å². The summed E-state index contributed by atoms with van der Waals surface area (Å²) in [6, 6.07) is 0. The first-order chi connectivity index (χ1) is 6.65. The first kappa shape index (κ1) is 11.2. The maximum atomic E-state index is 5.46. The molecule has 80 valence electrons. The maximum Gasteiger partial charge on any atom is 0.153 e. The molecule has 0 saturated carbocycles. The van der Waals surface area contributed by atoms with Gasteiger partial charge in [0.15, 0.2) is 5.82 Å². The number of aromatic nitrogens is 3. The fourth-order valence-corrected chi connectivity index (χ4v) is 1.33. The number of hydrogen-bond acceptors (Lipinski definition) is 3. The minimum absolute atomic E-state index is 0.390. The SMILES string of the molecule is CC(C)c1n[nH]c(C(C)CCCN)n1. The number of nitrogens with zero attached hydrogens (tertiary/aromatic N) is 2. The third-order valence-electron chi connectivity index (χ3n) is 2.34. The predicted octanol–water partition coefficient (Wildman–Crippen LogP) is 1.77. The van der Waals surface area contributed by atoms with Crippen molar-refractivity contribution in [3.05, 3.63) is 11.6 Å². The third kappa shape index (κ3) is 2.80. The van der Waals surface area contributed by atoms with Crippen LogP contribution in [0, 0.1) is 0 Å². The Kier molecular flexibility index (Phi) is 4.07. The smallest absolute Gasteiger partial charge is 0.153 e. The summed E-state index contributed by atoms with van der Waals surface area (Å²) in [5.74, 6) is 2.71. The molecule has 14 heavy (non-hydrogen) atoms. The van der Waals surface area contributed by atoms with Crippen LogP contribution in [0.15, 0.2) is 0 Å². The second kappa shape index (κ2) is 5.10. The second-order valence-electron chi connectivity index (χ2n) is 4.07. The Morgan fingerprint density at radius 3 is 2.57 bits per heavy atom. The van der Waals surface area contributed by atoms with Crippen molar-refractivity contribution < 1.29 is 0 Å². The summed E-state index contributed by atoms with van der Waals surface area (Å²) in [5.41, 5.74) is 5.46. The van der Waals surface area contributed by atoms with E-state index in [9.17, 15) is 0 Å². The van der Waals surface area contributed by atoms with Gasteiger partial charge >= 0.3 is 0 Å². The van der Waals surface area contributed by atoms with Crippen LogP contribution >= 0.6 is 0 Å². The molecule has 0 spiro atoms. The van der Waals surface area contributed by atoms with Crippen LogP contribution in [0.4, 0.5) is 0 Å². The summed E-state index contributed by atoms with van der Waals surface area (Å²) >= 11 is 0. The quantitative estimate of drug-likeness (QED) is 0.754. The molecule has 0 aliphatic carbocycles. The zero-order chi connectivity index (χ0) is 10.6. The molecule has 0 amide bonds. The molecule has 1 heterocycles. The predicted molar refractivity (Wildman–Crippen MR) is 57.2 cm³/mol. The molecule has 0 fully saturated rings. The van der Waals surface area contributed by atoms with Gasteiger partial charge in [-0.3, -0.25) is 5.10 Å². The van der Waals surface area contributed by atoms with Crippen LogP contribution < -0.4 is 5.73 Å². The highest BCUT2D eigenvalue weighted by molar-refractivity contribution is 4.99. The maximum absolute atomic E-state index is 5.46. The van der Waals surface area contributed by atoms with Crippen LogP contribution in [0.1, 0.15) is 57.1 Å². The summed E-state index contributed by atoms with van der Waals surface area (Å²) in [4.78, 5) is 4.46. The normalized spacial score (nSPS) is 13.5. The minimum atomic E-state index is 0.390. The summed E-state index contributed by atoms with van der Waals surface area (Å²) < 4.78 is 0. The lowest BCUT2D eigenvalue weighted by Crippen LogP contribution is -2.03. The number of nitrogens with two attached hydrogens (primary N) is 1. The Morgan fingerprint density at radius 2 is 2.07 bits per heavy atom. The highest BCUT2D eigenvalue weighted by Crippen LogP contribution is 2.18. The van der Waals surface area contributed by atoms with E-state index in [0.717, 1.165) is 31.0 Å². The Bertz CT molecular complexity index is 267. The molecular formula is C10H20N4. The summed E-state index contributed by atoms with van der Waals surface area (Å²) in [5, 5.41) is 7.17. The zero-order valence-electron chi connectivity index (χ0n) is 9.25. The molecule has 1 unspecified atom stereocenters. The lowest BCUT2D eigenvalue weighted by Gasteiger charge is -2.05. The van der Waals surface area contributed by atoms with Crippen LogP contribution in [-0.4, -0.2) is 21.7 Å². The first-order valence-electron chi connectivity index (χ1n) is 5.27. The molecule has 0 radical (unpaired) electrons. The number of nitrogens with one attached hydrogen (secondary N) is 1. The van der Waals surface area contributed by atoms with E-state index in [1.165, 1.54) is 0 Å². The summed E-state index contributed by atoms with van der Waals surface area (Å²) in [7, 11) is 0. The van der Waals surface area contributed by atoms with Gasteiger partial charge in [0.25, 0.3) is 0 Å². The molecule has 0 saturated heterocycles. The first-order valence-corrected chi connectivity index (χ1v) is 5.27. The van der Waals surface area contributed by atoms with Crippen molar-refractivity contribution in [3.63, 3.8) is 0 Å². The molecule has 0 aliphatic rings. The molecule has 0 aromatic carbocycles. The van der Waals surface area contributed by atoms with Crippen LogP contribution in [-0.2, 0) is 0 Å². The minimum Gasteiger partial charge on any atom is -0.330 e. The Hall–Kier alpha value is -0.900. The monoisotopic (exact) mass is 196 g/mol. The molecule has 4 nitrogen and oxygen atoms in total. The van der Waals surface area contributed by atoms with E-state index in [2.05, 4.69) is 36.0 Å². The largest absolute Gasteiger partial charge is 0.330 e. The van der Waals surface area contributed by atoms with Gasteiger partial charge in [-0.05, 0) is 19.4 Å². The Morgan fingerprint density at radius 1 is 1.36 bits per heavy atom. The fourth-order valence-electron chi connectivity index (χ4n) is 1.33. The highest BCUT2D eigenvalue weighted by Gasteiger charge is 2.12. The molecule has 4 heteroatoms. The molecule has 0 bridgehead atoms. The van der Waals surface area contributed by atoms with E-state index in [4.69, 9.17) is 5.73 Å². The molecular weight excluding hydrogens is 176 g/mol. The van der Waals surface area contributed by atoms with Gasteiger partial charge in [0.2, 0.25) is 0 Å². The Balaban J connectivity index is 2.57. The van der Waals surface area contributed by atoms with Crippen molar-refractivity contribution in [2.75, 3.05) is 6.54 Å². The van der Waals surface area contributed by atoms with E-state index < -0.39 is 0 Å². The molecule has 3 N–H and O–H groups in total. The van der Waals surface area contributed by atoms with Crippen molar-refractivity contribution in [3.8, 4) is 0 Å². The van der Waals surface area contributed by atoms with Crippen LogP contribution in [0.3, 0.4) is 0 Å². The number of hydrogen-bond donors (Lipinski definition) is 2. The third-order valence-corrected chi connectivity index (χ3v) is 2.34. The van der Waals surface area contributed by atoms with Gasteiger partial charge < -0.3 is 5.73 Å². The van der Waals surface area contributed by atoms with E-state index in [-0.39, 0.29) is 0 Å². The van der Waals surface area contributed by atoms with Gasteiger partial charge in [0.05, 0.1) is 0 Å². The van der Waals surface area contributed by atoms with Gasteiger partial charge in [0, 0.05) is 11.8 Å². The fraction of sp³-hybridized carbons (Fsp3) is 0.800.